The molecule has 0 aliphatic carbocycles. The van der Waals surface area contributed by atoms with E-state index in [2.05, 4.69) is 5.32 Å². The average Bonchev–Trinajstić information content (AvgIpc) is 2.72. The van der Waals surface area contributed by atoms with Crippen molar-refractivity contribution in [3.63, 3.8) is 0 Å². The van der Waals surface area contributed by atoms with Crippen LogP contribution in [-0.2, 0) is 11.3 Å². The molecule has 1 aromatic heterocycles. The summed E-state index contributed by atoms with van der Waals surface area (Å²) in [5.41, 5.74) is 0.284. The van der Waals surface area contributed by atoms with Crippen molar-refractivity contribution < 1.29 is 14.3 Å². The Balaban J connectivity index is 1.87. The summed E-state index contributed by atoms with van der Waals surface area (Å²) >= 11 is 0. The van der Waals surface area contributed by atoms with Gasteiger partial charge in [-0.3, -0.25) is 23.5 Å². The highest BCUT2D eigenvalue weighted by molar-refractivity contribution is 5.92. The Kier molecular flexibility index (Phi) is 5.82. The van der Waals surface area contributed by atoms with Gasteiger partial charge in [-0.25, -0.2) is 0 Å². The van der Waals surface area contributed by atoms with Crippen LogP contribution in [-0.4, -0.2) is 29.3 Å². The Morgan fingerprint density at radius 1 is 0.966 bits per heavy atom. The van der Waals surface area contributed by atoms with Gasteiger partial charge in [0.2, 0.25) is 5.91 Å². The summed E-state index contributed by atoms with van der Waals surface area (Å²) in [6, 6.07) is 12.2. The summed E-state index contributed by atoms with van der Waals surface area (Å²) in [5.74, 6) is 0.504. The minimum atomic E-state index is -0.815. The Morgan fingerprint density at radius 2 is 1.69 bits per heavy atom. The molecule has 3 rings (SSSR count). The molecule has 0 radical (unpaired) electrons. The number of hydrogen-bond donors (Lipinski definition) is 1. The first-order valence-corrected chi connectivity index (χ1v) is 8.84. The van der Waals surface area contributed by atoms with Gasteiger partial charge in [0.1, 0.15) is 18.0 Å². The number of rotatable bonds is 6. The molecule has 0 spiro atoms. The van der Waals surface area contributed by atoms with Crippen molar-refractivity contribution in [3.8, 4) is 17.2 Å². The first-order chi connectivity index (χ1) is 13.9. The topological polar surface area (TPSA) is 91.6 Å². The summed E-state index contributed by atoms with van der Waals surface area (Å²) < 4.78 is 12.7. The second-order valence-corrected chi connectivity index (χ2v) is 6.33. The monoisotopic (exact) mass is 395 g/mol. The fraction of sp³-hybridized carbons (Fsp3) is 0.190. The maximum absolute atomic E-state index is 12.6. The predicted molar refractivity (Wildman–Crippen MR) is 109 cm³/mol. The molecule has 0 fully saturated rings. The van der Waals surface area contributed by atoms with Gasteiger partial charge in [-0.05, 0) is 36.8 Å². The van der Waals surface area contributed by atoms with Gasteiger partial charge >= 0.3 is 11.1 Å². The van der Waals surface area contributed by atoms with Gasteiger partial charge in [-0.1, -0.05) is 18.2 Å². The third kappa shape index (κ3) is 4.21. The molecule has 1 heterocycles. The standard InChI is InChI=1S/C21H21N3O5/c1-14-8-9-17(28-2)15(12-14)22-19(25)13-23-10-11-24(21(27)20(23)26)16-6-4-5-7-18(16)29-3/h4-12H,13H2,1-3H3,(H,22,25). The molecule has 0 saturated carbocycles. The Bertz CT molecular complexity index is 1160. The first-order valence-electron chi connectivity index (χ1n) is 8.84. The van der Waals surface area contributed by atoms with Gasteiger partial charge in [0, 0.05) is 12.4 Å². The van der Waals surface area contributed by atoms with Crippen molar-refractivity contribution in [1.29, 1.82) is 0 Å². The van der Waals surface area contributed by atoms with Crippen molar-refractivity contribution in [2.45, 2.75) is 13.5 Å². The minimum absolute atomic E-state index is 0.308. The number of nitrogens with zero attached hydrogens (tertiary/aromatic N) is 2. The molecule has 0 aliphatic rings. The van der Waals surface area contributed by atoms with E-state index in [1.165, 1.54) is 31.2 Å². The van der Waals surface area contributed by atoms with Crippen LogP contribution in [0.1, 0.15) is 5.56 Å². The number of nitrogens with one attached hydrogen (secondary N) is 1. The van der Waals surface area contributed by atoms with E-state index in [0.717, 1.165) is 10.1 Å². The summed E-state index contributed by atoms with van der Waals surface area (Å²) in [4.78, 5) is 37.5. The van der Waals surface area contributed by atoms with E-state index in [9.17, 15) is 14.4 Å². The van der Waals surface area contributed by atoms with Crippen LogP contribution in [0.4, 0.5) is 5.69 Å². The number of hydrogen-bond acceptors (Lipinski definition) is 5. The Labute approximate surface area is 166 Å². The first kappa shape index (κ1) is 19.9. The molecule has 0 atom stereocenters. The number of carbonyl (C=O) groups excluding carboxylic acids is 1. The lowest BCUT2D eigenvalue weighted by molar-refractivity contribution is -0.116. The average molecular weight is 395 g/mol. The highest BCUT2D eigenvalue weighted by atomic mass is 16.5. The maximum Gasteiger partial charge on any atom is 0.321 e. The molecular weight excluding hydrogens is 374 g/mol. The van der Waals surface area contributed by atoms with Crippen molar-refractivity contribution in [2.24, 2.45) is 0 Å². The second kappa shape index (κ2) is 8.47. The Morgan fingerprint density at radius 3 is 2.41 bits per heavy atom. The molecule has 2 aromatic carbocycles. The largest absolute Gasteiger partial charge is 0.495 e. The van der Waals surface area contributed by atoms with Crippen LogP contribution in [0.25, 0.3) is 5.69 Å². The number of carbonyl (C=O) groups is 1. The highest BCUT2D eigenvalue weighted by Crippen LogP contribution is 2.25. The van der Waals surface area contributed by atoms with Gasteiger partial charge in [-0.15, -0.1) is 0 Å². The zero-order chi connectivity index (χ0) is 21.0. The molecule has 1 amide bonds. The normalized spacial score (nSPS) is 10.4. The SMILES string of the molecule is COc1ccc(C)cc1NC(=O)Cn1ccn(-c2ccccc2OC)c(=O)c1=O. The third-order valence-corrected chi connectivity index (χ3v) is 4.35. The zero-order valence-electron chi connectivity index (χ0n) is 16.3. The van der Waals surface area contributed by atoms with Crippen LogP contribution in [0, 0.1) is 6.92 Å². The molecule has 3 aromatic rings. The molecule has 0 saturated heterocycles. The summed E-state index contributed by atoms with van der Waals surface area (Å²) in [6.45, 7) is 1.58. The third-order valence-electron chi connectivity index (χ3n) is 4.35. The van der Waals surface area contributed by atoms with Crippen molar-refractivity contribution >= 4 is 11.6 Å². The molecule has 0 unspecified atom stereocenters. The number of anilines is 1. The summed E-state index contributed by atoms with van der Waals surface area (Å²) in [7, 11) is 2.98. The van der Waals surface area contributed by atoms with Crippen molar-refractivity contribution in [2.75, 3.05) is 19.5 Å². The Hall–Kier alpha value is -3.81. The number of methoxy groups -OCH3 is 2. The smallest absolute Gasteiger partial charge is 0.321 e. The summed E-state index contributed by atoms with van der Waals surface area (Å²) in [5, 5.41) is 2.71. The quantitative estimate of drug-likeness (QED) is 0.645. The van der Waals surface area contributed by atoms with Gasteiger partial charge < -0.3 is 14.8 Å². The molecule has 150 valence electrons. The van der Waals surface area contributed by atoms with Crippen LogP contribution in [0.15, 0.2) is 64.4 Å². The molecule has 0 aliphatic heterocycles. The molecule has 8 nitrogen and oxygen atoms in total. The highest BCUT2D eigenvalue weighted by Gasteiger charge is 2.13. The number of aryl methyl sites for hydroxylation is 1. The molecular formula is C21H21N3O5. The van der Waals surface area contributed by atoms with Gasteiger partial charge in [0.05, 0.1) is 25.6 Å². The second-order valence-electron chi connectivity index (χ2n) is 6.33. The van der Waals surface area contributed by atoms with E-state index in [0.29, 0.717) is 22.9 Å². The van der Waals surface area contributed by atoms with E-state index < -0.39 is 17.0 Å². The lowest BCUT2D eigenvalue weighted by Gasteiger charge is -2.13. The lowest BCUT2D eigenvalue weighted by atomic mass is 10.2. The van der Waals surface area contributed by atoms with Crippen LogP contribution in [0.3, 0.4) is 0 Å². The van der Waals surface area contributed by atoms with E-state index in [4.69, 9.17) is 9.47 Å². The number of para-hydroxylation sites is 2. The van der Waals surface area contributed by atoms with Gasteiger partial charge in [-0.2, -0.15) is 0 Å². The van der Waals surface area contributed by atoms with Crippen LogP contribution < -0.4 is 25.9 Å². The van der Waals surface area contributed by atoms with Crippen molar-refractivity contribution in [1.82, 2.24) is 9.13 Å². The molecule has 29 heavy (non-hydrogen) atoms. The van der Waals surface area contributed by atoms with Crippen LogP contribution in [0.5, 0.6) is 11.5 Å². The number of amides is 1. The minimum Gasteiger partial charge on any atom is -0.495 e. The molecule has 8 heteroatoms. The van der Waals surface area contributed by atoms with E-state index in [1.54, 1.807) is 36.4 Å². The number of benzene rings is 2. The number of ether oxygens (including phenoxy) is 2. The van der Waals surface area contributed by atoms with Crippen molar-refractivity contribution in [3.05, 3.63) is 81.1 Å². The molecule has 1 N–H and O–H groups in total. The maximum atomic E-state index is 12.6. The van der Waals surface area contributed by atoms with E-state index >= 15 is 0 Å². The van der Waals surface area contributed by atoms with E-state index in [1.807, 2.05) is 13.0 Å². The summed E-state index contributed by atoms with van der Waals surface area (Å²) in [6.07, 6.45) is 2.82. The fourth-order valence-corrected chi connectivity index (χ4v) is 2.92. The number of aromatic nitrogens is 2. The van der Waals surface area contributed by atoms with Crippen LogP contribution >= 0.6 is 0 Å². The zero-order valence-corrected chi connectivity index (χ0v) is 16.3. The van der Waals surface area contributed by atoms with E-state index in [-0.39, 0.29) is 6.54 Å². The van der Waals surface area contributed by atoms with Crippen LogP contribution in [0.2, 0.25) is 0 Å². The fourth-order valence-electron chi connectivity index (χ4n) is 2.92. The van der Waals surface area contributed by atoms with Gasteiger partial charge in [0.25, 0.3) is 0 Å². The predicted octanol–water partition coefficient (Wildman–Crippen LogP) is 1.96. The molecule has 0 bridgehead atoms. The lowest BCUT2D eigenvalue weighted by Crippen LogP contribution is -2.41. The van der Waals surface area contributed by atoms with Gasteiger partial charge in [0.15, 0.2) is 0 Å².